The Kier molecular flexibility index (Phi) is 4.64. The fraction of sp³-hybridized carbons (Fsp3) is 0.158. The Morgan fingerprint density at radius 2 is 2.00 bits per heavy atom. The lowest BCUT2D eigenvalue weighted by Crippen LogP contribution is -2.21. The molecule has 0 radical (unpaired) electrons. The molecule has 0 aliphatic heterocycles. The predicted octanol–water partition coefficient (Wildman–Crippen LogP) is 3.38. The van der Waals surface area contributed by atoms with E-state index in [0.29, 0.717) is 45.0 Å². The molecule has 0 unspecified atom stereocenters. The van der Waals surface area contributed by atoms with Crippen LogP contribution in [0.5, 0.6) is 5.75 Å². The lowest BCUT2D eigenvalue weighted by atomic mass is 10.2. The van der Waals surface area contributed by atoms with Crippen molar-refractivity contribution in [2.45, 2.75) is 17.8 Å². The van der Waals surface area contributed by atoms with Crippen LogP contribution in [0.15, 0.2) is 62.9 Å². The molecule has 7 nitrogen and oxygen atoms in total. The lowest BCUT2D eigenvalue weighted by Gasteiger charge is -2.13. The van der Waals surface area contributed by atoms with E-state index in [4.69, 9.17) is 9.15 Å². The summed E-state index contributed by atoms with van der Waals surface area (Å²) in [5.74, 6) is 2.06. The minimum atomic E-state index is -0.141. The molecule has 0 amide bonds. The van der Waals surface area contributed by atoms with E-state index in [2.05, 4.69) is 15.2 Å². The molecule has 2 aromatic carbocycles. The van der Waals surface area contributed by atoms with Gasteiger partial charge in [0.25, 0.3) is 5.56 Å². The molecule has 0 saturated heterocycles. The Balaban J connectivity index is 1.85. The van der Waals surface area contributed by atoms with Gasteiger partial charge in [-0.15, -0.1) is 10.2 Å². The van der Waals surface area contributed by atoms with Gasteiger partial charge in [-0.1, -0.05) is 30.0 Å². The molecule has 0 bridgehead atoms. The summed E-state index contributed by atoms with van der Waals surface area (Å²) in [5.41, 5.74) is 1.19. The number of fused-ring (bicyclic) bond motifs is 1. The van der Waals surface area contributed by atoms with Crippen LogP contribution in [-0.4, -0.2) is 26.9 Å². The van der Waals surface area contributed by atoms with Crippen LogP contribution < -0.4 is 10.3 Å². The number of methoxy groups -OCH3 is 1. The van der Waals surface area contributed by atoms with E-state index in [1.807, 2.05) is 36.4 Å². The molecule has 0 fully saturated rings. The van der Waals surface area contributed by atoms with E-state index in [0.717, 1.165) is 0 Å². The Bertz CT molecular complexity index is 1170. The van der Waals surface area contributed by atoms with E-state index in [9.17, 15) is 4.79 Å². The first-order valence-electron chi connectivity index (χ1n) is 8.24. The van der Waals surface area contributed by atoms with Gasteiger partial charge in [-0.05, 0) is 24.3 Å². The zero-order chi connectivity index (χ0) is 18.8. The largest absolute Gasteiger partial charge is 0.497 e. The molecular formula is C19H16N4O3S. The van der Waals surface area contributed by atoms with Gasteiger partial charge in [0.05, 0.1) is 29.5 Å². The van der Waals surface area contributed by atoms with Crippen molar-refractivity contribution in [3.63, 3.8) is 0 Å². The molecule has 4 rings (SSSR count). The van der Waals surface area contributed by atoms with Gasteiger partial charge in [-0.25, -0.2) is 4.98 Å². The number of para-hydroxylation sites is 1. The van der Waals surface area contributed by atoms with Gasteiger partial charge in [0.2, 0.25) is 11.8 Å². The summed E-state index contributed by atoms with van der Waals surface area (Å²) in [5, 5.41) is 8.94. The van der Waals surface area contributed by atoms with E-state index in [1.165, 1.54) is 11.8 Å². The molecule has 27 heavy (non-hydrogen) atoms. The summed E-state index contributed by atoms with van der Waals surface area (Å²) in [4.78, 5) is 17.9. The second-order valence-corrected chi connectivity index (χ2v) is 6.70. The van der Waals surface area contributed by atoms with Crippen molar-refractivity contribution < 1.29 is 9.15 Å². The quantitative estimate of drug-likeness (QED) is 0.388. The summed E-state index contributed by atoms with van der Waals surface area (Å²) in [6.45, 7) is 1.74. The van der Waals surface area contributed by atoms with Crippen LogP contribution in [0.3, 0.4) is 0 Å². The summed E-state index contributed by atoms with van der Waals surface area (Å²) < 4.78 is 12.3. The highest BCUT2D eigenvalue weighted by Crippen LogP contribution is 2.25. The third-order valence-electron chi connectivity index (χ3n) is 3.95. The summed E-state index contributed by atoms with van der Waals surface area (Å²) >= 11 is 1.37. The van der Waals surface area contributed by atoms with E-state index in [1.54, 1.807) is 30.7 Å². The van der Waals surface area contributed by atoms with Crippen molar-refractivity contribution >= 4 is 22.7 Å². The maximum Gasteiger partial charge on any atom is 0.266 e. The number of benzene rings is 2. The van der Waals surface area contributed by atoms with Crippen molar-refractivity contribution in [3.8, 4) is 11.4 Å². The first-order valence-corrected chi connectivity index (χ1v) is 9.22. The normalized spacial score (nSPS) is 11.0. The number of thioether (sulfide) groups is 1. The van der Waals surface area contributed by atoms with Crippen LogP contribution in [0.25, 0.3) is 16.6 Å². The van der Waals surface area contributed by atoms with Crippen LogP contribution in [0, 0.1) is 6.92 Å². The summed E-state index contributed by atoms with van der Waals surface area (Å²) in [6, 6.07) is 14.6. The molecule has 0 spiro atoms. The maximum absolute atomic E-state index is 13.2. The molecule has 0 aliphatic rings. The van der Waals surface area contributed by atoms with Gasteiger partial charge >= 0.3 is 0 Å². The monoisotopic (exact) mass is 380 g/mol. The van der Waals surface area contributed by atoms with Gasteiger partial charge in [-0.2, -0.15) is 0 Å². The molecule has 2 aromatic heterocycles. The van der Waals surface area contributed by atoms with Gasteiger partial charge in [-0.3, -0.25) is 9.36 Å². The maximum atomic E-state index is 13.2. The highest BCUT2D eigenvalue weighted by atomic mass is 32.2. The number of aromatic nitrogens is 4. The standard InChI is InChI=1S/C19H16N4O3S/c1-12-21-22-17(26-12)11-27-19-20-16-9-4-3-8-15(16)18(24)23(19)13-6-5-7-14(10-13)25-2/h3-10H,11H2,1-2H3. The third kappa shape index (κ3) is 3.43. The van der Waals surface area contributed by atoms with Crippen molar-refractivity contribution in [1.82, 2.24) is 19.7 Å². The minimum Gasteiger partial charge on any atom is -0.497 e. The third-order valence-corrected chi connectivity index (χ3v) is 4.87. The molecule has 8 heteroatoms. The average Bonchev–Trinajstić information content (AvgIpc) is 3.12. The Morgan fingerprint density at radius 1 is 1.15 bits per heavy atom. The van der Waals surface area contributed by atoms with Crippen LogP contribution >= 0.6 is 11.8 Å². The van der Waals surface area contributed by atoms with Crippen molar-refractivity contribution in [2.24, 2.45) is 0 Å². The van der Waals surface area contributed by atoms with Gasteiger partial charge < -0.3 is 9.15 Å². The fourth-order valence-corrected chi connectivity index (χ4v) is 3.56. The van der Waals surface area contributed by atoms with Gasteiger partial charge in [0.1, 0.15) is 5.75 Å². The number of aryl methyl sites for hydroxylation is 1. The second-order valence-electron chi connectivity index (χ2n) is 5.76. The van der Waals surface area contributed by atoms with Crippen LogP contribution in [0.2, 0.25) is 0 Å². The van der Waals surface area contributed by atoms with Crippen LogP contribution in [0.4, 0.5) is 0 Å². The molecule has 4 aromatic rings. The Morgan fingerprint density at radius 3 is 2.78 bits per heavy atom. The smallest absolute Gasteiger partial charge is 0.266 e. The molecule has 136 valence electrons. The SMILES string of the molecule is COc1cccc(-n2c(SCc3nnc(C)o3)nc3ccccc3c2=O)c1. The molecule has 0 atom stereocenters. The summed E-state index contributed by atoms with van der Waals surface area (Å²) in [7, 11) is 1.59. The van der Waals surface area contributed by atoms with Crippen molar-refractivity contribution in [1.29, 1.82) is 0 Å². The fourth-order valence-electron chi connectivity index (χ4n) is 2.71. The first kappa shape index (κ1) is 17.3. The minimum absolute atomic E-state index is 0.141. The second kappa shape index (κ2) is 7.24. The molecular weight excluding hydrogens is 364 g/mol. The van der Waals surface area contributed by atoms with E-state index in [-0.39, 0.29) is 5.56 Å². The molecule has 2 heterocycles. The Labute approximate surface area is 159 Å². The highest BCUT2D eigenvalue weighted by Gasteiger charge is 2.15. The Hall–Kier alpha value is -3.13. The molecule has 0 aliphatic carbocycles. The lowest BCUT2D eigenvalue weighted by molar-refractivity contribution is 0.414. The number of rotatable bonds is 5. The zero-order valence-electron chi connectivity index (χ0n) is 14.7. The van der Waals surface area contributed by atoms with Crippen LogP contribution in [-0.2, 0) is 5.75 Å². The van der Waals surface area contributed by atoms with Gasteiger partial charge in [0.15, 0.2) is 5.16 Å². The molecule has 0 N–H and O–H groups in total. The first-order chi connectivity index (χ1) is 13.2. The number of ether oxygens (including phenoxy) is 1. The summed E-state index contributed by atoms with van der Waals surface area (Å²) in [6.07, 6.45) is 0. The van der Waals surface area contributed by atoms with Crippen LogP contribution in [0.1, 0.15) is 11.8 Å². The average molecular weight is 380 g/mol. The predicted molar refractivity (Wildman–Crippen MR) is 102 cm³/mol. The topological polar surface area (TPSA) is 83.0 Å². The van der Waals surface area contributed by atoms with Gasteiger partial charge in [0, 0.05) is 13.0 Å². The van der Waals surface area contributed by atoms with Crippen molar-refractivity contribution in [3.05, 3.63) is 70.7 Å². The zero-order valence-corrected chi connectivity index (χ0v) is 15.6. The number of hydrogen-bond donors (Lipinski definition) is 0. The number of hydrogen-bond acceptors (Lipinski definition) is 7. The molecule has 0 saturated carbocycles. The number of nitrogens with zero attached hydrogens (tertiary/aromatic N) is 4. The highest BCUT2D eigenvalue weighted by molar-refractivity contribution is 7.98. The van der Waals surface area contributed by atoms with E-state index < -0.39 is 0 Å². The van der Waals surface area contributed by atoms with E-state index >= 15 is 0 Å². The van der Waals surface area contributed by atoms with Crippen molar-refractivity contribution in [2.75, 3.05) is 7.11 Å².